The quantitative estimate of drug-likeness (QED) is 0.852. The summed E-state index contributed by atoms with van der Waals surface area (Å²) in [5.74, 6) is -0.324. The van der Waals surface area contributed by atoms with Gasteiger partial charge in [-0.25, -0.2) is 4.39 Å². The van der Waals surface area contributed by atoms with Crippen molar-refractivity contribution >= 4 is 15.9 Å². The maximum absolute atomic E-state index is 13.1. The zero-order valence-electron chi connectivity index (χ0n) is 7.78. The zero-order chi connectivity index (χ0) is 11.3. The smallest absolute Gasteiger partial charge is 0.144 e. The molecule has 0 saturated heterocycles. The van der Waals surface area contributed by atoms with Gasteiger partial charge >= 0.3 is 0 Å². The number of nitriles is 1. The average molecular weight is 274 g/mol. The number of nitrogens with zero attached hydrogens (tertiary/aromatic N) is 1. The van der Waals surface area contributed by atoms with Crippen molar-refractivity contribution < 1.29 is 14.2 Å². The molecule has 0 aromatic heterocycles. The standard InChI is InChI=1S/C10H9BrFNO2/c11-4-8(14)6-15-9-2-1-7(5-13)10(12)3-9/h1-3,8,14H,4,6H2. The minimum absolute atomic E-state index is 0.0246. The summed E-state index contributed by atoms with van der Waals surface area (Å²) in [6.45, 7) is 0.0800. The fourth-order valence-corrected chi connectivity index (χ4v) is 1.10. The number of rotatable bonds is 4. The first-order valence-electron chi connectivity index (χ1n) is 4.24. The van der Waals surface area contributed by atoms with Crippen molar-refractivity contribution in [3.05, 3.63) is 29.6 Å². The molecule has 0 aliphatic rings. The summed E-state index contributed by atoms with van der Waals surface area (Å²) in [4.78, 5) is 0. The first-order valence-corrected chi connectivity index (χ1v) is 5.36. The molecule has 15 heavy (non-hydrogen) atoms. The van der Waals surface area contributed by atoms with Crippen LogP contribution in [0.3, 0.4) is 0 Å². The van der Waals surface area contributed by atoms with Crippen LogP contribution in [0.2, 0.25) is 0 Å². The Hall–Kier alpha value is -1.12. The first-order chi connectivity index (χ1) is 7.17. The Morgan fingerprint density at radius 2 is 2.33 bits per heavy atom. The van der Waals surface area contributed by atoms with Gasteiger partial charge in [-0.1, -0.05) is 15.9 Å². The van der Waals surface area contributed by atoms with E-state index in [1.165, 1.54) is 12.1 Å². The van der Waals surface area contributed by atoms with Gasteiger partial charge in [0, 0.05) is 11.4 Å². The monoisotopic (exact) mass is 273 g/mol. The third kappa shape index (κ3) is 3.50. The van der Waals surface area contributed by atoms with Gasteiger partial charge in [0.25, 0.3) is 0 Å². The molecule has 0 spiro atoms. The fraction of sp³-hybridized carbons (Fsp3) is 0.300. The molecule has 0 bridgehead atoms. The predicted octanol–water partition coefficient (Wildman–Crippen LogP) is 1.83. The molecule has 5 heteroatoms. The highest BCUT2D eigenvalue weighted by Crippen LogP contribution is 2.16. The number of alkyl halides is 1. The average Bonchev–Trinajstić information content (AvgIpc) is 2.26. The Balaban J connectivity index is 2.64. The lowest BCUT2D eigenvalue weighted by atomic mass is 10.2. The van der Waals surface area contributed by atoms with E-state index in [9.17, 15) is 9.50 Å². The minimum atomic E-state index is -0.635. The molecule has 0 radical (unpaired) electrons. The molecule has 3 nitrogen and oxygen atoms in total. The maximum atomic E-state index is 13.1. The van der Waals surface area contributed by atoms with Gasteiger partial charge in [-0.2, -0.15) is 5.26 Å². The molecule has 0 aliphatic carbocycles. The number of hydrogen-bond acceptors (Lipinski definition) is 3. The molecular weight excluding hydrogens is 265 g/mol. The van der Waals surface area contributed by atoms with Gasteiger partial charge < -0.3 is 9.84 Å². The molecule has 1 aromatic rings. The molecule has 0 saturated carbocycles. The highest BCUT2D eigenvalue weighted by Gasteiger charge is 2.06. The van der Waals surface area contributed by atoms with Crippen molar-refractivity contribution in [2.24, 2.45) is 0 Å². The summed E-state index contributed by atoms with van der Waals surface area (Å²) in [5, 5.41) is 18.1. The van der Waals surface area contributed by atoms with Gasteiger partial charge in [-0.05, 0) is 12.1 Å². The number of halogens is 2. The van der Waals surface area contributed by atoms with Crippen LogP contribution in [-0.2, 0) is 0 Å². The SMILES string of the molecule is N#Cc1ccc(OCC(O)CBr)cc1F. The van der Waals surface area contributed by atoms with Gasteiger partial charge in [0.1, 0.15) is 24.2 Å². The van der Waals surface area contributed by atoms with Crippen LogP contribution in [0.25, 0.3) is 0 Å². The molecule has 80 valence electrons. The normalized spacial score (nSPS) is 11.9. The van der Waals surface area contributed by atoms with Crippen LogP contribution in [0.15, 0.2) is 18.2 Å². The summed E-state index contributed by atoms with van der Waals surface area (Å²) in [5.41, 5.74) is -0.0246. The van der Waals surface area contributed by atoms with E-state index in [1.54, 1.807) is 6.07 Å². The third-order valence-corrected chi connectivity index (χ3v) is 2.43. The van der Waals surface area contributed by atoms with Gasteiger partial charge in [-0.3, -0.25) is 0 Å². The molecule has 1 atom stereocenters. The largest absolute Gasteiger partial charge is 0.491 e. The summed E-state index contributed by atoms with van der Waals surface area (Å²) in [6, 6.07) is 5.66. The van der Waals surface area contributed by atoms with E-state index < -0.39 is 11.9 Å². The highest BCUT2D eigenvalue weighted by atomic mass is 79.9. The van der Waals surface area contributed by atoms with Crippen LogP contribution in [0.5, 0.6) is 5.75 Å². The fourth-order valence-electron chi connectivity index (χ4n) is 0.913. The Labute approximate surface area is 95.2 Å². The molecule has 0 amide bonds. The second-order valence-electron chi connectivity index (χ2n) is 2.87. The van der Waals surface area contributed by atoms with Crippen molar-refractivity contribution in [2.75, 3.05) is 11.9 Å². The third-order valence-electron chi connectivity index (χ3n) is 1.68. The molecule has 0 aliphatic heterocycles. The number of hydrogen-bond donors (Lipinski definition) is 1. The summed E-state index contributed by atoms with van der Waals surface area (Å²) < 4.78 is 18.2. The van der Waals surface area contributed by atoms with E-state index in [0.29, 0.717) is 11.1 Å². The van der Waals surface area contributed by atoms with Gasteiger partial charge in [-0.15, -0.1) is 0 Å². The van der Waals surface area contributed by atoms with Crippen LogP contribution in [0.1, 0.15) is 5.56 Å². The van der Waals surface area contributed by atoms with Gasteiger partial charge in [0.15, 0.2) is 0 Å². The minimum Gasteiger partial charge on any atom is -0.491 e. The zero-order valence-corrected chi connectivity index (χ0v) is 9.37. The van der Waals surface area contributed by atoms with E-state index in [4.69, 9.17) is 10.00 Å². The Bertz CT molecular complexity index is 378. The summed E-state index contributed by atoms with van der Waals surface area (Å²) in [7, 11) is 0. The molecule has 0 fully saturated rings. The second kappa shape index (κ2) is 5.69. The van der Waals surface area contributed by atoms with Crippen molar-refractivity contribution in [3.8, 4) is 11.8 Å². The summed E-state index contributed by atoms with van der Waals surface area (Å²) >= 11 is 3.08. The van der Waals surface area contributed by atoms with Crippen LogP contribution >= 0.6 is 15.9 Å². The van der Waals surface area contributed by atoms with Crippen LogP contribution in [0, 0.1) is 17.1 Å². The van der Waals surface area contributed by atoms with Crippen molar-refractivity contribution in [1.82, 2.24) is 0 Å². The molecule has 1 N–H and O–H groups in total. The lowest BCUT2D eigenvalue weighted by Gasteiger charge is -2.09. The van der Waals surface area contributed by atoms with E-state index in [1.807, 2.05) is 0 Å². The molecule has 0 heterocycles. The lowest BCUT2D eigenvalue weighted by molar-refractivity contribution is 0.127. The molecule has 1 rings (SSSR count). The number of benzene rings is 1. The molecule has 1 unspecified atom stereocenters. The maximum Gasteiger partial charge on any atom is 0.144 e. The Morgan fingerprint density at radius 1 is 1.60 bits per heavy atom. The van der Waals surface area contributed by atoms with Gasteiger partial charge in [0.2, 0.25) is 0 Å². The Kier molecular flexibility index (Phi) is 4.53. The van der Waals surface area contributed by atoms with Crippen molar-refractivity contribution in [3.63, 3.8) is 0 Å². The van der Waals surface area contributed by atoms with E-state index in [0.717, 1.165) is 6.07 Å². The lowest BCUT2D eigenvalue weighted by Crippen LogP contribution is -2.18. The van der Waals surface area contributed by atoms with Crippen LogP contribution in [-0.4, -0.2) is 23.1 Å². The highest BCUT2D eigenvalue weighted by molar-refractivity contribution is 9.09. The topological polar surface area (TPSA) is 53.2 Å². The number of aliphatic hydroxyl groups is 1. The van der Waals surface area contributed by atoms with Gasteiger partial charge in [0.05, 0.1) is 11.7 Å². The van der Waals surface area contributed by atoms with Crippen LogP contribution in [0.4, 0.5) is 4.39 Å². The number of ether oxygens (including phenoxy) is 1. The Morgan fingerprint density at radius 3 is 2.87 bits per heavy atom. The van der Waals surface area contributed by atoms with E-state index in [-0.39, 0.29) is 12.2 Å². The molecule has 1 aromatic carbocycles. The summed E-state index contributed by atoms with van der Waals surface area (Å²) in [6.07, 6.45) is -0.635. The first kappa shape index (κ1) is 12.0. The number of aliphatic hydroxyl groups excluding tert-OH is 1. The van der Waals surface area contributed by atoms with Crippen molar-refractivity contribution in [2.45, 2.75) is 6.10 Å². The van der Waals surface area contributed by atoms with E-state index >= 15 is 0 Å². The molecular formula is C10H9BrFNO2. The van der Waals surface area contributed by atoms with Crippen LogP contribution < -0.4 is 4.74 Å². The second-order valence-corrected chi connectivity index (χ2v) is 3.52. The predicted molar refractivity (Wildman–Crippen MR) is 56.4 cm³/mol. The van der Waals surface area contributed by atoms with E-state index in [2.05, 4.69) is 15.9 Å². The van der Waals surface area contributed by atoms with Crippen molar-refractivity contribution in [1.29, 1.82) is 5.26 Å².